The molecule has 3 aliphatic rings. The topological polar surface area (TPSA) is 106 Å². The van der Waals surface area contributed by atoms with E-state index in [-0.39, 0.29) is 22.3 Å². The minimum Gasteiger partial charge on any atom is -0.491 e. The molecule has 0 atom stereocenters. The van der Waals surface area contributed by atoms with E-state index >= 15 is 0 Å². The third-order valence-electron chi connectivity index (χ3n) is 8.04. The van der Waals surface area contributed by atoms with E-state index in [9.17, 15) is 14.0 Å². The number of anilines is 3. The summed E-state index contributed by atoms with van der Waals surface area (Å²) >= 11 is 5.95. The van der Waals surface area contributed by atoms with E-state index in [0.717, 1.165) is 45.2 Å². The van der Waals surface area contributed by atoms with Crippen LogP contribution in [0.25, 0.3) is 10.9 Å². The molecule has 3 aromatic rings. The summed E-state index contributed by atoms with van der Waals surface area (Å²) in [5, 5.41) is 6.76. The Morgan fingerprint density at radius 2 is 2.02 bits per heavy atom. The second-order valence-electron chi connectivity index (χ2n) is 11.0. The van der Waals surface area contributed by atoms with E-state index in [0.29, 0.717) is 59.5 Å². The molecule has 3 heterocycles. The van der Waals surface area contributed by atoms with Gasteiger partial charge in [0.05, 0.1) is 34.9 Å². The van der Waals surface area contributed by atoms with Crippen molar-refractivity contribution in [2.24, 2.45) is 11.3 Å². The molecule has 1 aromatic heterocycles. The van der Waals surface area contributed by atoms with Crippen LogP contribution in [-0.2, 0) is 14.3 Å². The van der Waals surface area contributed by atoms with E-state index in [4.69, 9.17) is 21.1 Å². The molecule has 1 spiro atoms. The molecule has 11 heteroatoms. The highest BCUT2D eigenvalue weighted by Crippen LogP contribution is 2.40. The van der Waals surface area contributed by atoms with Crippen molar-refractivity contribution in [2.45, 2.75) is 32.1 Å². The number of likely N-dealkylation sites (tertiary alicyclic amines) is 1. The van der Waals surface area contributed by atoms with Gasteiger partial charge in [-0.25, -0.2) is 14.4 Å². The van der Waals surface area contributed by atoms with Crippen molar-refractivity contribution in [3.05, 3.63) is 59.7 Å². The lowest BCUT2D eigenvalue weighted by molar-refractivity contribution is -0.148. The van der Waals surface area contributed by atoms with Crippen LogP contribution in [0.5, 0.6) is 5.75 Å². The summed E-state index contributed by atoms with van der Waals surface area (Å²) < 4.78 is 24.9. The summed E-state index contributed by atoms with van der Waals surface area (Å²) in [7, 11) is 0. The minimum absolute atomic E-state index is 0.00559. The van der Waals surface area contributed by atoms with Crippen LogP contribution in [0.15, 0.2) is 48.8 Å². The normalized spacial score (nSPS) is 18.6. The molecule has 41 heavy (non-hydrogen) atoms. The van der Waals surface area contributed by atoms with E-state index < -0.39 is 5.82 Å². The van der Waals surface area contributed by atoms with Crippen molar-refractivity contribution in [3.8, 4) is 5.75 Å². The number of hydrogen-bond acceptors (Lipinski definition) is 8. The zero-order chi connectivity index (χ0) is 28.4. The van der Waals surface area contributed by atoms with Crippen LogP contribution in [0.1, 0.15) is 32.1 Å². The molecule has 0 bridgehead atoms. The average molecular weight is 580 g/mol. The van der Waals surface area contributed by atoms with Crippen LogP contribution in [0.4, 0.5) is 21.6 Å². The Labute approximate surface area is 242 Å². The second kappa shape index (κ2) is 11.6. The number of nitrogens with zero attached hydrogens (tertiary/aromatic N) is 3. The molecular formula is C30H31ClFN5O4. The molecule has 1 saturated carbocycles. The van der Waals surface area contributed by atoms with Gasteiger partial charge in [-0.05, 0) is 75.4 Å². The number of amides is 1. The zero-order valence-corrected chi connectivity index (χ0v) is 23.3. The van der Waals surface area contributed by atoms with Gasteiger partial charge in [0.25, 0.3) is 0 Å². The van der Waals surface area contributed by atoms with Gasteiger partial charge in [-0.3, -0.25) is 14.5 Å². The predicted molar refractivity (Wildman–Crippen MR) is 154 cm³/mol. The van der Waals surface area contributed by atoms with Gasteiger partial charge >= 0.3 is 5.97 Å². The zero-order valence-electron chi connectivity index (χ0n) is 22.5. The highest BCUT2D eigenvalue weighted by molar-refractivity contribution is 6.31. The summed E-state index contributed by atoms with van der Waals surface area (Å²) in [5.74, 6) is 0.673. The van der Waals surface area contributed by atoms with Gasteiger partial charge in [0.1, 0.15) is 23.7 Å². The maximum atomic E-state index is 13.6. The summed E-state index contributed by atoms with van der Waals surface area (Å²) in [4.78, 5) is 36.1. The SMILES string of the molecule is O=C(/C=C/CN1CCC2(CCOC2=O)CC1)Nc1cc2c(Nc3ccc(F)c(Cl)c3)ncnc2cc1OCC1CC1. The third kappa shape index (κ3) is 6.28. The number of fused-ring (bicyclic) bond motifs is 1. The standard InChI is InChI=1S/C30H31ClFN5O4/c31-22-14-20(5-6-23(22)32)35-28-21-15-25(26(41-17-19-3-4-19)16-24(21)33-18-34-28)36-27(38)2-1-10-37-11-7-30(8-12-37)9-13-40-29(30)39/h1-2,5-6,14-16,18-19H,3-4,7-13,17H2,(H,36,38)(H,33,34,35)/b2-1+. The van der Waals surface area contributed by atoms with Crippen LogP contribution >= 0.6 is 11.6 Å². The fraction of sp³-hybridized carbons (Fsp3) is 0.400. The first kappa shape index (κ1) is 27.4. The van der Waals surface area contributed by atoms with Crippen molar-refractivity contribution in [1.82, 2.24) is 14.9 Å². The molecular weight excluding hydrogens is 549 g/mol. The average Bonchev–Trinajstić information content (AvgIpc) is 3.73. The van der Waals surface area contributed by atoms with Crippen molar-refractivity contribution < 1.29 is 23.5 Å². The fourth-order valence-electron chi connectivity index (χ4n) is 5.30. The number of rotatable bonds is 9. The quantitative estimate of drug-likeness (QED) is 0.254. The highest BCUT2D eigenvalue weighted by atomic mass is 35.5. The van der Waals surface area contributed by atoms with Crippen molar-refractivity contribution in [1.29, 1.82) is 0 Å². The fourth-order valence-corrected chi connectivity index (χ4v) is 5.48. The van der Waals surface area contributed by atoms with Gasteiger partial charge in [-0.2, -0.15) is 0 Å². The van der Waals surface area contributed by atoms with Gasteiger partial charge in [0, 0.05) is 29.8 Å². The Morgan fingerprint density at radius 3 is 2.76 bits per heavy atom. The van der Waals surface area contributed by atoms with Crippen LogP contribution in [0, 0.1) is 17.2 Å². The second-order valence-corrected chi connectivity index (χ2v) is 11.4. The lowest BCUT2D eigenvalue weighted by atomic mass is 9.77. The number of carbonyl (C=O) groups is 2. The molecule has 3 fully saturated rings. The molecule has 0 unspecified atom stereocenters. The molecule has 1 amide bonds. The van der Waals surface area contributed by atoms with Crippen molar-refractivity contribution in [3.63, 3.8) is 0 Å². The van der Waals surface area contributed by atoms with Gasteiger partial charge in [-0.1, -0.05) is 17.7 Å². The summed E-state index contributed by atoms with van der Waals surface area (Å²) in [6.07, 6.45) is 9.42. The molecule has 2 N–H and O–H groups in total. The van der Waals surface area contributed by atoms with E-state index in [1.165, 1.54) is 24.5 Å². The number of nitrogens with one attached hydrogen (secondary N) is 2. The number of esters is 1. The van der Waals surface area contributed by atoms with Crippen LogP contribution in [0.3, 0.4) is 0 Å². The van der Waals surface area contributed by atoms with E-state index in [1.807, 2.05) is 6.08 Å². The number of aromatic nitrogens is 2. The number of piperidine rings is 1. The molecule has 9 nitrogen and oxygen atoms in total. The first-order chi connectivity index (χ1) is 19.9. The highest BCUT2D eigenvalue weighted by Gasteiger charge is 2.46. The molecule has 2 aliphatic heterocycles. The van der Waals surface area contributed by atoms with Gasteiger partial charge < -0.3 is 20.1 Å². The Bertz CT molecular complexity index is 1500. The van der Waals surface area contributed by atoms with Gasteiger partial charge in [0.2, 0.25) is 5.91 Å². The first-order valence-electron chi connectivity index (χ1n) is 13.9. The van der Waals surface area contributed by atoms with Crippen molar-refractivity contribution >= 4 is 51.6 Å². The Kier molecular flexibility index (Phi) is 7.77. The minimum atomic E-state index is -0.511. The lowest BCUT2D eigenvalue weighted by Gasteiger charge is -2.35. The largest absolute Gasteiger partial charge is 0.491 e. The number of benzene rings is 2. The number of halogens is 2. The number of carbonyl (C=O) groups excluding carboxylic acids is 2. The molecule has 2 aromatic carbocycles. The number of hydrogen-bond donors (Lipinski definition) is 2. The van der Waals surface area contributed by atoms with Gasteiger partial charge in [-0.15, -0.1) is 0 Å². The smallest absolute Gasteiger partial charge is 0.312 e. The Balaban J connectivity index is 1.16. The number of cyclic esters (lactones) is 1. The van der Waals surface area contributed by atoms with Gasteiger partial charge in [0.15, 0.2) is 0 Å². The van der Waals surface area contributed by atoms with E-state index in [1.54, 1.807) is 18.2 Å². The lowest BCUT2D eigenvalue weighted by Crippen LogP contribution is -2.42. The summed E-state index contributed by atoms with van der Waals surface area (Å²) in [6, 6.07) is 7.89. The molecule has 1 aliphatic carbocycles. The third-order valence-corrected chi connectivity index (χ3v) is 8.33. The molecule has 2 saturated heterocycles. The van der Waals surface area contributed by atoms with Crippen LogP contribution in [0.2, 0.25) is 5.02 Å². The van der Waals surface area contributed by atoms with Crippen molar-refractivity contribution in [2.75, 3.05) is 43.5 Å². The first-order valence-corrected chi connectivity index (χ1v) is 14.3. The Hall–Kier alpha value is -3.76. The molecule has 0 radical (unpaired) electrons. The van der Waals surface area contributed by atoms with Crippen LogP contribution < -0.4 is 15.4 Å². The van der Waals surface area contributed by atoms with E-state index in [2.05, 4.69) is 25.5 Å². The molecule has 6 rings (SSSR count). The Morgan fingerprint density at radius 1 is 1.20 bits per heavy atom. The summed E-state index contributed by atoms with van der Waals surface area (Å²) in [5.41, 5.74) is 1.38. The number of ether oxygens (including phenoxy) is 2. The maximum Gasteiger partial charge on any atom is 0.312 e. The summed E-state index contributed by atoms with van der Waals surface area (Å²) in [6.45, 7) is 3.28. The predicted octanol–water partition coefficient (Wildman–Crippen LogP) is 5.48. The molecule has 214 valence electrons. The van der Waals surface area contributed by atoms with Crippen LogP contribution in [-0.4, -0.2) is 59.6 Å². The maximum absolute atomic E-state index is 13.6. The monoisotopic (exact) mass is 579 g/mol.